The summed E-state index contributed by atoms with van der Waals surface area (Å²) in [6.07, 6.45) is -1.55. The summed E-state index contributed by atoms with van der Waals surface area (Å²) < 4.78 is 0. The molecule has 78 heavy (non-hydrogen) atoms. The number of carboxylic acid groups (broad SMARTS) is 2. The fourth-order valence-electron chi connectivity index (χ4n) is 8.32. The van der Waals surface area contributed by atoms with E-state index in [1.165, 1.54) is 31.2 Å². The number of nitrogens with one attached hydrogen (secondary N) is 9. The van der Waals surface area contributed by atoms with E-state index in [2.05, 4.69) is 60.5 Å². The normalized spacial score (nSPS) is 15.8. The van der Waals surface area contributed by atoms with Crippen LogP contribution in [-0.4, -0.2) is 177 Å². The van der Waals surface area contributed by atoms with Crippen LogP contribution >= 0.6 is 12.6 Å². The second-order valence-corrected chi connectivity index (χ2v) is 19.0. The molecule has 14 N–H and O–H groups in total. The number of ketones is 2. The molecule has 1 aliphatic heterocycles. The number of rotatable bonds is 27. The van der Waals surface area contributed by atoms with E-state index in [0.29, 0.717) is 0 Å². The fourth-order valence-corrected chi connectivity index (χ4v) is 8.57. The lowest BCUT2D eigenvalue weighted by atomic mass is 9.82. The van der Waals surface area contributed by atoms with Crippen LogP contribution in [0.1, 0.15) is 98.1 Å². The van der Waals surface area contributed by atoms with E-state index >= 15 is 0 Å². The van der Waals surface area contributed by atoms with Gasteiger partial charge in [0.15, 0.2) is 11.6 Å². The highest BCUT2D eigenvalue weighted by molar-refractivity contribution is 7.80. The van der Waals surface area contributed by atoms with Crippen LogP contribution in [0.4, 0.5) is 11.4 Å². The summed E-state index contributed by atoms with van der Waals surface area (Å²) in [6, 6.07) is -1.44. The number of carbonyl (C=O) groups is 14. The van der Waals surface area contributed by atoms with Gasteiger partial charge in [0, 0.05) is 42.5 Å². The Morgan fingerprint density at radius 2 is 1.27 bits per heavy atom. The van der Waals surface area contributed by atoms with Crippen molar-refractivity contribution < 1.29 is 82.4 Å². The number of fused-ring (bicyclic) bond motifs is 2. The Labute approximate surface area is 451 Å². The number of nitrogens with zero attached hydrogens (tertiary/aromatic N) is 1. The lowest BCUT2D eigenvalue weighted by molar-refractivity contribution is -0.144. The smallest absolute Gasteiger partial charge is 0.305 e. The quantitative estimate of drug-likeness (QED) is 0.0260. The molecule has 0 radical (unpaired) electrons. The first-order valence-electron chi connectivity index (χ1n) is 24.5. The average Bonchev–Trinajstić information content (AvgIpc) is 4.04. The van der Waals surface area contributed by atoms with Crippen LogP contribution in [0.25, 0.3) is 0 Å². The number of amides is 10. The highest BCUT2D eigenvalue weighted by Gasteiger charge is 2.41. The number of carboxylic acids is 2. The monoisotopic (exact) mass is 1110 g/mol. The molecule has 4 rings (SSSR count). The van der Waals surface area contributed by atoms with Gasteiger partial charge in [0.2, 0.25) is 59.1 Å². The van der Waals surface area contributed by atoms with Crippen molar-refractivity contribution in [1.82, 2.24) is 47.4 Å². The number of carbonyl (C=O) groups excluding carboxylic acids is 12. The van der Waals surface area contributed by atoms with Crippen LogP contribution < -0.4 is 53.6 Å². The summed E-state index contributed by atoms with van der Waals surface area (Å²) >= 11 is 4.10. The number of aliphatic hydroxyl groups is 1. The molecule has 422 valence electrons. The SMILES string of the molecule is CC(=O)N[C@@H](CC(=O)O)C(=O)N[C@@H](CCC(=O)O)C(=O)N1CCC[C@H]1C(=O)N[C@@H](CC(C)C)C(=O)N[C@@H](C)C(=O)N[C@@H](CS)C(=O)N[C@@H](CO)C(=O)NCC(=O)NCC(=O)Nc1ccc(N)c2c1C(=O)c1ccccc1C2=O. The molecular weight excluding hydrogens is 1050 g/mol. The maximum atomic E-state index is 13.9. The Balaban J connectivity index is 1.30. The molecule has 29 heteroatoms. The standard InChI is InChI=1S/C49H63N11O17S/c1-22(2)16-30(57-48(76)34-10-7-15-60(34)49(77)29(13-14-37(65)66)56-46(74)31(17-38(67)68)54-24(4)62)45(73)53-23(3)43(71)59-33(21-78)47(75)58-32(20-61)44(72)52-18-35(63)51-19-36(64)55-28-12-11-27(50)39-40(28)42(70)26-9-6-5-8-25(26)41(39)69/h5-6,8-9,11-12,22-23,29-34,61,78H,7,10,13-21,50H2,1-4H3,(H,51,63)(H,52,72)(H,53,73)(H,54,62)(H,55,64)(H,56,74)(H,57,76)(H,58,75)(H,59,71)(H,65,66)(H,67,68)/t23-,29-,30-,31-,32-,33-,34-/m0/s1. The van der Waals surface area contributed by atoms with Crippen LogP contribution in [0.3, 0.4) is 0 Å². The van der Waals surface area contributed by atoms with Crippen molar-refractivity contribution in [1.29, 1.82) is 0 Å². The third-order valence-electron chi connectivity index (χ3n) is 12.1. The molecule has 0 bridgehead atoms. The summed E-state index contributed by atoms with van der Waals surface area (Å²) in [7, 11) is 0. The molecule has 2 aliphatic rings. The summed E-state index contributed by atoms with van der Waals surface area (Å²) in [5, 5.41) is 49.6. The molecule has 0 saturated carbocycles. The largest absolute Gasteiger partial charge is 0.481 e. The highest BCUT2D eigenvalue weighted by atomic mass is 32.1. The van der Waals surface area contributed by atoms with Gasteiger partial charge in [-0.15, -0.1) is 0 Å². The minimum atomic E-state index is -1.67. The van der Waals surface area contributed by atoms with Gasteiger partial charge >= 0.3 is 11.9 Å². The zero-order chi connectivity index (χ0) is 58.1. The summed E-state index contributed by atoms with van der Waals surface area (Å²) in [5.74, 6) is -13.5. The molecule has 0 spiro atoms. The molecule has 1 fully saturated rings. The third kappa shape index (κ3) is 17.0. The summed E-state index contributed by atoms with van der Waals surface area (Å²) in [4.78, 5) is 182. The molecule has 0 aromatic heterocycles. The number of hydrogen-bond acceptors (Lipinski definition) is 17. The predicted octanol–water partition coefficient (Wildman–Crippen LogP) is -3.54. The van der Waals surface area contributed by atoms with Gasteiger partial charge < -0.3 is 73.8 Å². The average molecular weight is 1110 g/mol. The number of aliphatic hydroxyl groups excluding tert-OH is 1. The van der Waals surface area contributed by atoms with Crippen molar-refractivity contribution in [3.8, 4) is 0 Å². The molecule has 1 heterocycles. The van der Waals surface area contributed by atoms with Gasteiger partial charge in [-0.25, -0.2) is 0 Å². The summed E-state index contributed by atoms with van der Waals surface area (Å²) in [5.41, 5.74) is 6.06. The first-order chi connectivity index (χ1) is 36.8. The minimum absolute atomic E-state index is 0.0162. The van der Waals surface area contributed by atoms with Crippen LogP contribution in [0, 0.1) is 5.92 Å². The molecule has 10 amide bonds. The van der Waals surface area contributed by atoms with Crippen LogP contribution in [-0.2, 0) is 57.5 Å². The van der Waals surface area contributed by atoms with Crippen molar-refractivity contribution >= 4 is 107 Å². The molecule has 0 unspecified atom stereocenters. The van der Waals surface area contributed by atoms with Crippen LogP contribution in [0.2, 0.25) is 0 Å². The topological polar surface area (TPSA) is 437 Å². The van der Waals surface area contributed by atoms with Crippen LogP contribution in [0.15, 0.2) is 36.4 Å². The van der Waals surface area contributed by atoms with Gasteiger partial charge in [0.25, 0.3) is 0 Å². The van der Waals surface area contributed by atoms with Gasteiger partial charge in [-0.1, -0.05) is 38.1 Å². The first kappa shape index (κ1) is 62.1. The summed E-state index contributed by atoms with van der Waals surface area (Å²) in [6.45, 7) is 3.37. The van der Waals surface area contributed by atoms with E-state index in [1.807, 2.05) is 0 Å². The van der Waals surface area contributed by atoms with Gasteiger partial charge in [-0.3, -0.25) is 67.1 Å². The second kappa shape index (κ2) is 28.6. The molecule has 2 aromatic carbocycles. The molecule has 28 nitrogen and oxygen atoms in total. The van der Waals surface area contributed by atoms with Gasteiger partial charge in [0.05, 0.1) is 42.9 Å². The number of nitrogen functional groups attached to an aromatic ring is 1. The zero-order valence-electron chi connectivity index (χ0n) is 42.9. The lowest BCUT2D eigenvalue weighted by Crippen LogP contribution is -2.60. The van der Waals surface area contributed by atoms with E-state index in [0.717, 1.165) is 11.8 Å². The van der Waals surface area contributed by atoms with Gasteiger partial charge in [0.1, 0.15) is 42.3 Å². The Kier molecular flexibility index (Phi) is 22.8. The first-order valence-corrected chi connectivity index (χ1v) is 25.1. The van der Waals surface area contributed by atoms with Crippen molar-refractivity contribution in [3.05, 3.63) is 58.7 Å². The molecule has 1 aliphatic carbocycles. The fraction of sp³-hybridized carbons (Fsp3) is 0.469. The van der Waals surface area contributed by atoms with E-state index < -0.39 is 164 Å². The Morgan fingerprint density at radius 3 is 1.86 bits per heavy atom. The zero-order valence-corrected chi connectivity index (χ0v) is 43.8. The number of hydrogen-bond donors (Lipinski definition) is 14. The lowest BCUT2D eigenvalue weighted by Gasteiger charge is -2.31. The molecule has 7 atom stereocenters. The maximum absolute atomic E-state index is 13.9. The predicted molar refractivity (Wildman–Crippen MR) is 276 cm³/mol. The van der Waals surface area contributed by atoms with Gasteiger partial charge in [-0.2, -0.15) is 12.6 Å². The van der Waals surface area contributed by atoms with Crippen molar-refractivity contribution in [3.63, 3.8) is 0 Å². The Morgan fingerprint density at radius 1 is 0.679 bits per heavy atom. The number of anilines is 2. The molecular formula is C49H63N11O17S. The van der Waals surface area contributed by atoms with E-state index in [4.69, 9.17) is 5.73 Å². The number of aliphatic carboxylic acids is 2. The number of likely N-dealkylation sites (tertiary alicyclic amines) is 1. The van der Waals surface area contributed by atoms with Crippen molar-refractivity contribution in [2.24, 2.45) is 5.92 Å². The van der Waals surface area contributed by atoms with E-state index in [9.17, 15) is 82.4 Å². The Hall–Kier alpha value is -8.47. The second-order valence-electron chi connectivity index (χ2n) is 18.6. The van der Waals surface area contributed by atoms with Crippen molar-refractivity contribution in [2.75, 3.05) is 43.0 Å². The van der Waals surface area contributed by atoms with E-state index in [1.54, 1.807) is 26.0 Å². The molecule has 1 saturated heterocycles. The van der Waals surface area contributed by atoms with Crippen molar-refractivity contribution in [2.45, 2.75) is 109 Å². The number of thiol groups is 1. The highest BCUT2D eigenvalue weighted by Crippen LogP contribution is 2.35. The number of benzene rings is 2. The maximum Gasteiger partial charge on any atom is 0.305 e. The minimum Gasteiger partial charge on any atom is -0.481 e. The number of nitrogens with two attached hydrogens (primary N) is 1. The van der Waals surface area contributed by atoms with Crippen LogP contribution in [0.5, 0.6) is 0 Å². The third-order valence-corrected chi connectivity index (χ3v) is 12.5. The van der Waals surface area contributed by atoms with Gasteiger partial charge in [-0.05, 0) is 50.7 Å². The van der Waals surface area contributed by atoms with E-state index in [-0.39, 0.29) is 71.1 Å². The Bertz CT molecular complexity index is 2700. The molecule has 2 aromatic rings.